The van der Waals surface area contributed by atoms with E-state index in [1.807, 2.05) is 42.5 Å². The van der Waals surface area contributed by atoms with E-state index in [1.165, 1.54) is 4.90 Å². The molecule has 1 fully saturated rings. The molecule has 6 nitrogen and oxygen atoms in total. The van der Waals surface area contributed by atoms with Gasteiger partial charge in [-0.3, -0.25) is 19.5 Å². The third kappa shape index (κ3) is 3.38. The highest BCUT2D eigenvalue weighted by Gasteiger charge is 2.41. The van der Waals surface area contributed by atoms with E-state index in [-0.39, 0.29) is 18.4 Å². The number of carbonyl (C=O) groups excluding carboxylic acids is 2. The maximum absolute atomic E-state index is 13.3. The number of aromatic nitrogens is 1. The van der Waals surface area contributed by atoms with Crippen LogP contribution in [0.3, 0.4) is 0 Å². The second kappa shape index (κ2) is 7.84. The molecule has 2 aromatic rings. The molecule has 3 heterocycles. The normalized spacial score (nSPS) is 17.5. The summed E-state index contributed by atoms with van der Waals surface area (Å²) in [6, 6.07) is 12.8. The molecular formula is C22H23N3O3. The Kier molecular flexibility index (Phi) is 5.10. The van der Waals surface area contributed by atoms with Gasteiger partial charge in [-0.15, -0.1) is 0 Å². The Balaban J connectivity index is 1.73. The molecule has 0 bridgehead atoms. The Hall–Kier alpha value is -3.15. The molecule has 2 aliphatic rings. The molecular weight excluding hydrogens is 354 g/mol. The summed E-state index contributed by atoms with van der Waals surface area (Å²) in [6.07, 6.45) is 4.88. The summed E-state index contributed by atoms with van der Waals surface area (Å²) in [5.74, 6) is 0.218. The van der Waals surface area contributed by atoms with Crippen LogP contribution in [0.1, 0.15) is 30.5 Å². The second-order valence-electron chi connectivity index (χ2n) is 7.02. The lowest BCUT2D eigenvalue weighted by molar-refractivity contribution is -0.138. The smallest absolute Gasteiger partial charge is 0.278 e. The Morgan fingerprint density at radius 3 is 2.36 bits per heavy atom. The highest BCUT2D eigenvalue weighted by Crippen LogP contribution is 2.34. The molecule has 0 spiro atoms. The van der Waals surface area contributed by atoms with Crippen molar-refractivity contribution in [2.24, 2.45) is 0 Å². The van der Waals surface area contributed by atoms with Gasteiger partial charge in [0.1, 0.15) is 11.4 Å². The third-order valence-corrected chi connectivity index (χ3v) is 5.24. The van der Waals surface area contributed by atoms with E-state index < -0.39 is 0 Å². The van der Waals surface area contributed by atoms with Crippen LogP contribution in [0.2, 0.25) is 0 Å². The number of hydrogen-bond acceptors (Lipinski definition) is 5. The van der Waals surface area contributed by atoms with Gasteiger partial charge in [0.15, 0.2) is 0 Å². The van der Waals surface area contributed by atoms with Crippen LogP contribution < -0.4 is 4.74 Å². The third-order valence-electron chi connectivity index (χ3n) is 5.24. The Bertz CT molecular complexity index is 900. The number of rotatable bonds is 5. The maximum atomic E-state index is 13.3. The average Bonchev–Trinajstić information content (AvgIpc) is 3.00. The summed E-state index contributed by atoms with van der Waals surface area (Å²) in [5.41, 5.74) is 2.43. The van der Waals surface area contributed by atoms with Gasteiger partial charge in [0.05, 0.1) is 24.9 Å². The zero-order valence-corrected chi connectivity index (χ0v) is 15.9. The first-order chi connectivity index (χ1) is 13.7. The van der Waals surface area contributed by atoms with Gasteiger partial charge in [-0.25, -0.2) is 0 Å². The van der Waals surface area contributed by atoms with Crippen molar-refractivity contribution in [1.82, 2.24) is 14.8 Å². The van der Waals surface area contributed by atoms with Gasteiger partial charge in [0.2, 0.25) is 0 Å². The molecule has 1 aromatic carbocycles. The van der Waals surface area contributed by atoms with Gasteiger partial charge in [-0.05, 0) is 49.1 Å². The molecule has 0 atom stereocenters. The summed E-state index contributed by atoms with van der Waals surface area (Å²) in [5, 5.41) is 0. The SMILES string of the molecule is COc1ccc(C2=C(N3CCCCC3)C(=O)N(Cc3ccccn3)C2=O)cc1. The number of nitrogens with zero attached hydrogens (tertiary/aromatic N) is 3. The minimum atomic E-state index is -0.263. The summed E-state index contributed by atoms with van der Waals surface area (Å²) in [4.78, 5) is 34.2. The number of pyridine rings is 1. The number of methoxy groups -OCH3 is 1. The molecule has 2 amide bonds. The summed E-state index contributed by atoms with van der Waals surface area (Å²) >= 11 is 0. The number of piperidine rings is 1. The van der Waals surface area contributed by atoms with Crippen LogP contribution in [0, 0.1) is 0 Å². The molecule has 4 rings (SSSR count). The van der Waals surface area contributed by atoms with Crippen molar-refractivity contribution >= 4 is 17.4 Å². The highest BCUT2D eigenvalue weighted by atomic mass is 16.5. The van der Waals surface area contributed by atoms with E-state index in [0.717, 1.165) is 37.9 Å². The molecule has 0 aliphatic carbocycles. The number of imide groups is 1. The quantitative estimate of drug-likeness (QED) is 0.750. The van der Waals surface area contributed by atoms with Gasteiger partial charge >= 0.3 is 0 Å². The zero-order chi connectivity index (χ0) is 19.5. The molecule has 28 heavy (non-hydrogen) atoms. The van der Waals surface area contributed by atoms with Crippen molar-refractivity contribution in [1.29, 1.82) is 0 Å². The fraction of sp³-hybridized carbons (Fsp3) is 0.318. The Morgan fingerprint density at radius 2 is 1.71 bits per heavy atom. The van der Waals surface area contributed by atoms with E-state index >= 15 is 0 Å². The monoisotopic (exact) mass is 377 g/mol. The van der Waals surface area contributed by atoms with E-state index in [9.17, 15) is 9.59 Å². The molecule has 1 saturated heterocycles. The fourth-order valence-electron chi connectivity index (χ4n) is 3.79. The number of likely N-dealkylation sites (tertiary alicyclic amines) is 1. The first-order valence-corrected chi connectivity index (χ1v) is 9.59. The van der Waals surface area contributed by atoms with Crippen molar-refractivity contribution in [3.8, 4) is 5.75 Å². The van der Waals surface area contributed by atoms with Crippen LogP contribution in [0.4, 0.5) is 0 Å². The second-order valence-corrected chi connectivity index (χ2v) is 7.02. The predicted molar refractivity (Wildman–Crippen MR) is 105 cm³/mol. The van der Waals surface area contributed by atoms with Crippen molar-refractivity contribution in [2.45, 2.75) is 25.8 Å². The average molecular weight is 377 g/mol. The number of amides is 2. The van der Waals surface area contributed by atoms with Crippen LogP contribution in [0.5, 0.6) is 5.75 Å². The Morgan fingerprint density at radius 1 is 0.964 bits per heavy atom. The minimum Gasteiger partial charge on any atom is -0.497 e. The standard InChI is InChI=1S/C22H23N3O3/c1-28-18-10-8-16(9-11-18)19-20(24-13-5-2-6-14-24)22(27)25(21(19)26)15-17-7-3-4-12-23-17/h3-4,7-12H,2,5-6,13-15H2,1H3. The lowest BCUT2D eigenvalue weighted by Crippen LogP contribution is -2.37. The van der Waals surface area contributed by atoms with Crippen molar-refractivity contribution in [2.75, 3.05) is 20.2 Å². The maximum Gasteiger partial charge on any atom is 0.278 e. The Labute approximate surface area is 164 Å². The molecule has 0 saturated carbocycles. The molecule has 0 radical (unpaired) electrons. The van der Waals surface area contributed by atoms with Gasteiger partial charge < -0.3 is 9.64 Å². The summed E-state index contributed by atoms with van der Waals surface area (Å²) in [7, 11) is 1.60. The summed E-state index contributed by atoms with van der Waals surface area (Å²) in [6.45, 7) is 1.77. The molecule has 144 valence electrons. The van der Waals surface area contributed by atoms with Gasteiger partial charge in [-0.2, -0.15) is 0 Å². The lowest BCUT2D eigenvalue weighted by Gasteiger charge is -2.29. The number of benzene rings is 1. The number of hydrogen-bond donors (Lipinski definition) is 0. The minimum absolute atomic E-state index is 0.176. The van der Waals surface area contributed by atoms with E-state index in [1.54, 1.807) is 13.3 Å². The van der Waals surface area contributed by atoms with Crippen LogP contribution in [0.25, 0.3) is 5.57 Å². The fourth-order valence-corrected chi connectivity index (χ4v) is 3.79. The van der Waals surface area contributed by atoms with E-state index in [2.05, 4.69) is 9.88 Å². The molecule has 1 aromatic heterocycles. The van der Waals surface area contributed by atoms with Crippen molar-refractivity contribution in [3.05, 3.63) is 65.6 Å². The lowest BCUT2D eigenvalue weighted by atomic mass is 10.0. The highest BCUT2D eigenvalue weighted by molar-refractivity contribution is 6.35. The number of ether oxygens (including phenoxy) is 1. The van der Waals surface area contributed by atoms with Gasteiger partial charge in [0, 0.05) is 19.3 Å². The van der Waals surface area contributed by atoms with E-state index in [0.29, 0.717) is 22.7 Å². The first-order valence-electron chi connectivity index (χ1n) is 9.59. The topological polar surface area (TPSA) is 62.7 Å². The first kappa shape index (κ1) is 18.2. The summed E-state index contributed by atoms with van der Waals surface area (Å²) < 4.78 is 5.23. The van der Waals surface area contributed by atoms with Gasteiger partial charge in [-0.1, -0.05) is 18.2 Å². The number of carbonyl (C=O) groups is 2. The predicted octanol–water partition coefficient (Wildman–Crippen LogP) is 2.86. The molecule has 6 heteroatoms. The molecule has 2 aliphatic heterocycles. The zero-order valence-electron chi connectivity index (χ0n) is 15.9. The van der Waals surface area contributed by atoms with Crippen LogP contribution in [-0.4, -0.2) is 46.8 Å². The van der Waals surface area contributed by atoms with Crippen LogP contribution in [0.15, 0.2) is 54.4 Å². The van der Waals surface area contributed by atoms with E-state index in [4.69, 9.17) is 4.74 Å². The van der Waals surface area contributed by atoms with Crippen LogP contribution >= 0.6 is 0 Å². The van der Waals surface area contributed by atoms with Crippen molar-refractivity contribution in [3.63, 3.8) is 0 Å². The molecule has 0 unspecified atom stereocenters. The van der Waals surface area contributed by atoms with Gasteiger partial charge in [0.25, 0.3) is 11.8 Å². The van der Waals surface area contributed by atoms with Crippen molar-refractivity contribution < 1.29 is 14.3 Å². The van der Waals surface area contributed by atoms with Crippen LogP contribution in [-0.2, 0) is 16.1 Å². The largest absolute Gasteiger partial charge is 0.497 e. The molecule has 0 N–H and O–H groups in total.